The van der Waals surface area contributed by atoms with Crippen LogP contribution in [0.2, 0.25) is 0 Å². The van der Waals surface area contributed by atoms with E-state index in [2.05, 4.69) is 36.3 Å². The van der Waals surface area contributed by atoms with Gasteiger partial charge in [0, 0.05) is 49.9 Å². The van der Waals surface area contributed by atoms with Crippen molar-refractivity contribution < 1.29 is 22.7 Å². The van der Waals surface area contributed by atoms with Crippen LogP contribution >= 0.6 is 0 Å². The molecule has 2 aliphatic rings. The van der Waals surface area contributed by atoms with Crippen LogP contribution in [-0.2, 0) is 4.79 Å². The zero-order valence-corrected chi connectivity index (χ0v) is 21.8. The van der Waals surface area contributed by atoms with Crippen molar-refractivity contribution in [3.63, 3.8) is 0 Å². The number of ether oxygens (including phenoxy) is 1. The summed E-state index contributed by atoms with van der Waals surface area (Å²) in [4.78, 5) is 28.0. The number of hydrogen-bond donors (Lipinski definition) is 2. The van der Waals surface area contributed by atoms with Gasteiger partial charge in [0.2, 0.25) is 5.91 Å². The molecule has 0 bridgehead atoms. The van der Waals surface area contributed by atoms with Gasteiger partial charge in [-0.1, -0.05) is 18.6 Å². The van der Waals surface area contributed by atoms with Gasteiger partial charge in [0.05, 0.1) is 11.6 Å². The molecule has 3 heterocycles. The van der Waals surface area contributed by atoms with Crippen molar-refractivity contribution in [3.05, 3.63) is 54.2 Å². The molecule has 1 saturated heterocycles. The maximum absolute atomic E-state index is 12.7. The fraction of sp³-hybridized carbons (Fsp3) is 0.393. The Morgan fingerprint density at radius 2 is 2.02 bits per heavy atom. The summed E-state index contributed by atoms with van der Waals surface area (Å²) < 4.78 is 42.2. The van der Waals surface area contributed by atoms with Crippen molar-refractivity contribution in [2.45, 2.75) is 38.5 Å². The van der Waals surface area contributed by atoms with E-state index in [1.165, 1.54) is 6.20 Å². The van der Waals surface area contributed by atoms with E-state index < -0.39 is 12.1 Å². The number of aromatic nitrogens is 3. The number of carbonyl (C=O) groups is 1. The number of nitrogens with one attached hydrogen (secondary N) is 2. The molecule has 2 aromatic heterocycles. The van der Waals surface area contributed by atoms with Crippen LogP contribution in [0.15, 0.2) is 48.7 Å². The Morgan fingerprint density at radius 1 is 1.18 bits per heavy atom. The van der Waals surface area contributed by atoms with Gasteiger partial charge in [0.25, 0.3) is 0 Å². The number of anilines is 3. The van der Waals surface area contributed by atoms with E-state index in [4.69, 9.17) is 4.98 Å². The van der Waals surface area contributed by atoms with Crippen LogP contribution in [0.3, 0.4) is 0 Å². The maximum Gasteiger partial charge on any atom is 0.573 e. The molecule has 2 atom stereocenters. The molecular weight excluding hydrogens is 523 g/mol. The van der Waals surface area contributed by atoms with Gasteiger partial charge in [-0.2, -0.15) is 5.26 Å². The Labute approximate surface area is 229 Å². The predicted octanol–water partition coefficient (Wildman–Crippen LogP) is 5.19. The predicted molar refractivity (Wildman–Crippen MR) is 142 cm³/mol. The number of nitrogens with zero attached hydrogens (tertiary/aromatic N) is 5. The van der Waals surface area contributed by atoms with Crippen LogP contribution in [-0.4, -0.2) is 47.4 Å². The normalized spacial score (nSPS) is 20.7. The summed E-state index contributed by atoms with van der Waals surface area (Å²) in [7, 11) is 1.67. The average Bonchev–Trinajstić information content (AvgIpc) is 3.34. The van der Waals surface area contributed by atoms with Gasteiger partial charge in [-0.05, 0) is 49.3 Å². The molecule has 40 heavy (non-hydrogen) atoms. The number of pyridine rings is 1. The van der Waals surface area contributed by atoms with Crippen molar-refractivity contribution in [2.24, 2.45) is 11.3 Å². The monoisotopic (exact) mass is 551 g/mol. The molecule has 9 nitrogen and oxygen atoms in total. The minimum absolute atomic E-state index is 0.000320. The van der Waals surface area contributed by atoms with Gasteiger partial charge in [-0.15, -0.1) is 13.2 Å². The van der Waals surface area contributed by atoms with Gasteiger partial charge in [0.15, 0.2) is 5.82 Å². The SMILES string of the molecule is CNC(=O)C1CCCC2(CCN(c3cc(Nc4cc(OC(F)(F)F)ccn4)nc(-c4cccc(C#N)c4)n3)C2)C1. The Hall–Kier alpha value is -4.40. The first kappa shape index (κ1) is 27.2. The van der Waals surface area contributed by atoms with Gasteiger partial charge < -0.3 is 20.3 Å². The third-order valence-corrected chi connectivity index (χ3v) is 7.50. The van der Waals surface area contributed by atoms with E-state index in [1.54, 1.807) is 37.4 Å². The van der Waals surface area contributed by atoms with E-state index in [-0.39, 0.29) is 23.1 Å². The third kappa shape index (κ3) is 6.25. The molecule has 1 aliphatic heterocycles. The van der Waals surface area contributed by atoms with E-state index in [9.17, 15) is 23.2 Å². The van der Waals surface area contributed by atoms with Crippen molar-refractivity contribution in [1.29, 1.82) is 5.26 Å². The Morgan fingerprint density at radius 3 is 2.80 bits per heavy atom. The summed E-state index contributed by atoms with van der Waals surface area (Å²) in [6.07, 6.45) is 1.00. The number of benzene rings is 1. The van der Waals surface area contributed by atoms with Crippen LogP contribution in [0.5, 0.6) is 5.75 Å². The van der Waals surface area contributed by atoms with Crippen LogP contribution in [0, 0.1) is 22.7 Å². The molecule has 5 rings (SSSR count). The second kappa shape index (κ2) is 11.0. The highest BCUT2D eigenvalue weighted by molar-refractivity contribution is 5.78. The maximum atomic E-state index is 12.7. The number of carbonyl (C=O) groups excluding carboxylic acids is 1. The van der Waals surface area contributed by atoms with Crippen molar-refractivity contribution >= 4 is 23.4 Å². The van der Waals surface area contributed by atoms with Crippen LogP contribution in [0.1, 0.15) is 37.7 Å². The lowest BCUT2D eigenvalue weighted by Gasteiger charge is -2.37. The number of amides is 1. The summed E-state index contributed by atoms with van der Waals surface area (Å²) in [5.74, 6) is 1.08. The minimum atomic E-state index is -4.83. The highest BCUT2D eigenvalue weighted by Gasteiger charge is 2.44. The van der Waals surface area contributed by atoms with Crippen LogP contribution in [0.4, 0.5) is 30.6 Å². The largest absolute Gasteiger partial charge is 0.573 e. The summed E-state index contributed by atoms with van der Waals surface area (Å²) >= 11 is 0. The van der Waals surface area contributed by atoms with Gasteiger partial charge in [0.1, 0.15) is 23.2 Å². The smallest absolute Gasteiger partial charge is 0.406 e. The molecule has 2 N–H and O–H groups in total. The molecule has 1 saturated carbocycles. The van der Waals surface area contributed by atoms with Crippen molar-refractivity contribution in [1.82, 2.24) is 20.3 Å². The second-order valence-corrected chi connectivity index (χ2v) is 10.3. The second-order valence-electron chi connectivity index (χ2n) is 10.3. The van der Waals surface area contributed by atoms with Crippen LogP contribution < -0.4 is 20.3 Å². The number of rotatable bonds is 6. The van der Waals surface area contributed by atoms with Gasteiger partial charge >= 0.3 is 6.36 Å². The lowest BCUT2D eigenvalue weighted by molar-refractivity contribution is -0.274. The molecule has 0 radical (unpaired) electrons. The number of hydrogen-bond acceptors (Lipinski definition) is 8. The first-order valence-corrected chi connectivity index (χ1v) is 13.0. The lowest BCUT2D eigenvalue weighted by atomic mass is 9.69. The first-order chi connectivity index (χ1) is 19.1. The molecule has 3 aromatic rings. The molecule has 12 heteroatoms. The molecule has 1 spiro atoms. The highest BCUT2D eigenvalue weighted by Crippen LogP contribution is 2.47. The summed E-state index contributed by atoms with van der Waals surface area (Å²) in [5.41, 5.74) is 1.07. The Balaban J connectivity index is 1.46. The summed E-state index contributed by atoms with van der Waals surface area (Å²) in [6, 6.07) is 13.0. The molecule has 2 unspecified atom stereocenters. The highest BCUT2D eigenvalue weighted by atomic mass is 19.4. The Kier molecular flexibility index (Phi) is 7.47. The molecule has 1 aliphatic carbocycles. The molecule has 1 aromatic carbocycles. The average molecular weight is 552 g/mol. The number of halogens is 3. The molecule has 1 amide bonds. The quantitative estimate of drug-likeness (QED) is 0.430. The zero-order valence-electron chi connectivity index (χ0n) is 21.8. The molecule has 208 valence electrons. The van der Waals surface area contributed by atoms with Gasteiger partial charge in [-0.3, -0.25) is 4.79 Å². The fourth-order valence-electron chi connectivity index (χ4n) is 5.70. The van der Waals surface area contributed by atoms with Gasteiger partial charge in [-0.25, -0.2) is 15.0 Å². The summed E-state index contributed by atoms with van der Waals surface area (Å²) in [5, 5.41) is 15.1. The molecule has 2 fully saturated rings. The lowest BCUT2D eigenvalue weighted by Crippen LogP contribution is -2.38. The van der Waals surface area contributed by atoms with Crippen molar-refractivity contribution in [3.8, 4) is 23.2 Å². The third-order valence-electron chi connectivity index (χ3n) is 7.50. The number of nitriles is 1. The Bertz CT molecular complexity index is 1440. The van der Waals surface area contributed by atoms with Crippen LogP contribution in [0.25, 0.3) is 11.4 Å². The first-order valence-electron chi connectivity index (χ1n) is 13.0. The van der Waals surface area contributed by atoms with E-state index >= 15 is 0 Å². The van der Waals surface area contributed by atoms with E-state index in [0.29, 0.717) is 28.6 Å². The number of alkyl halides is 3. The van der Waals surface area contributed by atoms with E-state index in [0.717, 1.165) is 57.3 Å². The fourth-order valence-corrected chi connectivity index (χ4v) is 5.70. The summed E-state index contributed by atoms with van der Waals surface area (Å²) in [6.45, 7) is 1.46. The minimum Gasteiger partial charge on any atom is -0.406 e. The van der Waals surface area contributed by atoms with Crippen molar-refractivity contribution in [2.75, 3.05) is 30.4 Å². The standard InChI is InChI=1S/C28H28F3N7O2/c1-33-26(39)20-6-3-8-27(15-20)9-11-38(17-27)24-14-23(35-22-13-21(7-10-34-22)40-28(29,30)31)36-25(37-24)19-5-2-4-18(12-19)16-32/h2,4-5,7,10,12-14,20H,3,6,8-9,11,15,17H2,1H3,(H,33,39)(H,34,35,36,37). The van der Waals surface area contributed by atoms with E-state index in [1.807, 2.05) is 0 Å². The zero-order chi connectivity index (χ0) is 28.3. The molecular formula is C28H28F3N7O2. The topological polar surface area (TPSA) is 116 Å².